The van der Waals surface area contributed by atoms with Gasteiger partial charge in [0.05, 0.1) is 23.3 Å². The Labute approximate surface area is 198 Å². The van der Waals surface area contributed by atoms with Crippen molar-refractivity contribution in [1.82, 2.24) is 9.40 Å². The van der Waals surface area contributed by atoms with Crippen molar-refractivity contribution in [3.05, 3.63) is 95.3 Å². The molecule has 8 heteroatoms. The summed E-state index contributed by atoms with van der Waals surface area (Å²) in [6, 6.07) is 21.6. The maximum Gasteiger partial charge on any atom is 0.338 e. The van der Waals surface area contributed by atoms with E-state index >= 15 is 0 Å². The summed E-state index contributed by atoms with van der Waals surface area (Å²) in [5.41, 5.74) is 3.78. The number of fused-ring (bicyclic) bond motifs is 1. The zero-order valence-electron chi connectivity index (χ0n) is 19.1. The number of nitrogens with one attached hydrogen (secondary N) is 1. The lowest BCUT2D eigenvalue weighted by Gasteiger charge is -2.11. The molecule has 0 unspecified atom stereocenters. The van der Waals surface area contributed by atoms with E-state index < -0.39 is 10.0 Å². The SMILES string of the molecule is CCOC(=O)c1cccc(-n2c(C)cc(/C=N/NS(=O)(=O)c3ccc4ccccc4c3)c2C)c1. The molecule has 4 rings (SSSR count). The summed E-state index contributed by atoms with van der Waals surface area (Å²) in [5.74, 6) is -0.378. The van der Waals surface area contributed by atoms with Crippen LogP contribution in [0, 0.1) is 13.8 Å². The largest absolute Gasteiger partial charge is 0.462 e. The van der Waals surface area contributed by atoms with Crippen molar-refractivity contribution in [3.63, 3.8) is 0 Å². The van der Waals surface area contributed by atoms with Crippen LogP contribution in [0.15, 0.2) is 82.8 Å². The van der Waals surface area contributed by atoms with E-state index in [1.165, 1.54) is 6.21 Å². The van der Waals surface area contributed by atoms with E-state index in [-0.39, 0.29) is 10.9 Å². The van der Waals surface area contributed by atoms with Gasteiger partial charge in [-0.2, -0.15) is 13.5 Å². The van der Waals surface area contributed by atoms with Crippen LogP contribution in [0.4, 0.5) is 0 Å². The zero-order valence-corrected chi connectivity index (χ0v) is 20.0. The van der Waals surface area contributed by atoms with Crippen LogP contribution in [-0.2, 0) is 14.8 Å². The Morgan fingerprint density at radius 3 is 2.53 bits per heavy atom. The minimum atomic E-state index is -3.82. The van der Waals surface area contributed by atoms with Crippen molar-refractivity contribution in [1.29, 1.82) is 0 Å². The van der Waals surface area contributed by atoms with E-state index in [0.29, 0.717) is 12.2 Å². The van der Waals surface area contributed by atoms with Crippen molar-refractivity contribution < 1.29 is 17.9 Å². The topological polar surface area (TPSA) is 89.8 Å². The van der Waals surface area contributed by atoms with Crippen LogP contribution in [0.2, 0.25) is 0 Å². The standard InChI is InChI=1S/C26H25N3O4S/c1-4-33-26(30)22-10-7-11-24(15-22)29-18(2)14-23(19(29)3)17-27-28-34(31,32)25-13-12-20-8-5-6-9-21(20)16-25/h5-17,28H,4H2,1-3H3/b27-17+. The molecule has 4 aromatic rings. The van der Waals surface area contributed by atoms with E-state index in [9.17, 15) is 13.2 Å². The summed E-state index contributed by atoms with van der Waals surface area (Å²) in [5, 5.41) is 5.80. The Kier molecular flexibility index (Phi) is 6.51. The predicted octanol–water partition coefficient (Wildman–Crippen LogP) is 4.74. The molecule has 0 spiro atoms. The molecule has 1 aromatic heterocycles. The highest BCUT2D eigenvalue weighted by Gasteiger charge is 2.15. The molecule has 1 heterocycles. The number of esters is 1. The maximum absolute atomic E-state index is 12.7. The first-order valence-corrected chi connectivity index (χ1v) is 12.3. The van der Waals surface area contributed by atoms with Gasteiger partial charge in [0.1, 0.15) is 0 Å². The van der Waals surface area contributed by atoms with Crippen LogP contribution in [0.1, 0.15) is 34.2 Å². The third-order valence-electron chi connectivity index (χ3n) is 5.49. The fraction of sp³-hybridized carbons (Fsp3) is 0.154. The third-order valence-corrected chi connectivity index (χ3v) is 6.71. The number of benzene rings is 3. The van der Waals surface area contributed by atoms with Crippen LogP contribution in [0.3, 0.4) is 0 Å². The number of rotatable bonds is 7. The average Bonchev–Trinajstić information content (AvgIpc) is 3.11. The number of aryl methyl sites for hydroxylation is 1. The Morgan fingerprint density at radius 1 is 1.00 bits per heavy atom. The lowest BCUT2D eigenvalue weighted by molar-refractivity contribution is 0.0526. The molecular weight excluding hydrogens is 450 g/mol. The molecule has 0 atom stereocenters. The summed E-state index contributed by atoms with van der Waals surface area (Å²) in [6.07, 6.45) is 1.48. The van der Waals surface area contributed by atoms with Gasteiger partial charge in [-0.25, -0.2) is 9.63 Å². The van der Waals surface area contributed by atoms with Crippen LogP contribution in [0.5, 0.6) is 0 Å². The molecule has 0 bridgehead atoms. The number of hydrogen-bond acceptors (Lipinski definition) is 5. The fourth-order valence-electron chi connectivity index (χ4n) is 3.85. The van der Waals surface area contributed by atoms with E-state index in [4.69, 9.17) is 4.74 Å². The number of hydrazone groups is 1. The second kappa shape index (κ2) is 9.52. The molecule has 34 heavy (non-hydrogen) atoms. The quantitative estimate of drug-likeness (QED) is 0.238. The predicted molar refractivity (Wildman–Crippen MR) is 133 cm³/mol. The van der Waals surface area contributed by atoms with E-state index in [0.717, 1.165) is 33.4 Å². The second-order valence-corrected chi connectivity index (χ2v) is 9.46. The number of sulfonamides is 1. The number of aromatic nitrogens is 1. The lowest BCUT2D eigenvalue weighted by atomic mass is 10.1. The molecule has 7 nitrogen and oxygen atoms in total. The monoisotopic (exact) mass is 475 g/mol. The van der Waals surface area contributed by atoms with Crippen LogP contribution in [-0.4, -0.2) is 31.8 Å². The van der Waals surface area contributed by atoms with Crippen molar-refractivity contribution in [2.45, 2.75) is 25.7 Å². The van der Waals surface area contributed by atoms with Crippen LogP contribution < -0.4 is 4.83 Å². The molecule has 3 aromatic carbocycles. The summed E-state index contributed by atoms with van der Waals surface area (Å²) >= 11 is 0. The van der Waals surface area contributed by atoms with Gasteiger partial charge in [0.2, 0.25) is 0 Å². The van der Waals surface area contributed by atoms with Crippen molar-refractivity contribution >= 4 is 33.0 Å². The Morgan fingerprint density at radius 2 is 1.76 bits per heavy atom. The van der Waals surface area contributed by atoms with Crippen molar-refractivity contribution in [3.8, 4) is 5.69 Å². The zero-order chi connectivity index (χ0) is 24.3. The average molecular weight is 476 g/mol. The van der Waals surface area contributed by atoms with E-state index in [1.54, 1.807) is 43.3 Å². The minimum absolute atomic E-state index is 0.143. The van der Waals surface area contributed by atoms with Gasteiger partial charge in [0.15, 0.2) is 0 Å². The smallest absolute Gasteiger partial charge is 0.338 e. The van der Waals surface area contributed by atoms with E-state index in [2.05, 4.69) is 9.93 Å². The van der Waals surface area contributed by atoms with Crippen LogP contribution >= 0.6 is 0 Å². The molecule has 0 radical (unpaired) electrons. The van der Waals surface area contributed by atoms with Gasteiger partial charge < -0.3 is 9.30 Å². The molecule has 1 N–H and O–H groups in total. The summed E-state index contributed by atoms with van der Waals surface area (Å²) in [6.45, 7) is 5.91. The second-order valence-electron chi connectivity index (χ2n) is 7.79. The number of nitrogens with zero attached hydrogens (tertiary/aromatic N) is 2. The van der Waals surface area contributed by atoms with Crippen molar-refractivity contribution in [2.24, 2.45) is 5.10 Å². The molecule has 0 aliphatic rings. The first-order chi connectivity index (χ1) is 16.3. The minimum Gasteiger partial charge on any atom is -0.462 e. The Bertz CT molecular complexity index is 1500. The van der Waals surface area contributed by atoms with Gasteiger partial charge >= 0.3 is 5.97 Å². The number of ether oxygens (including phenoxy) is 1. The number of carbonyl (C=O) groups excluding carboxylic acids is 1. The Hall–Kier alpha value is -3.91. The molecule has 0 aliphatic heterocycles. The molecule has 0 saturated heterocycles. The first-order valence-electron chi connectivity index (χ1n) is 10.8. The highest BCUT2D eigenvalue weighted by molar-refractivity contribution is 7.89. The molecule has 0 saturated carbocycles. The number of carbonyl (C=O) groups is 1. The van der Waals surface area contributed by atoms with Crippen molar-refractivity contribution in [2.75, 3.05) is 6.61 Å². The van der Waals surface area contributed by atoms with Gasteiger partial charge in [0.25, 0.3) is 10.0 Å². The molecular formula is C26H25N3O4S. The highest BCUT2D eigenvalue weighted by atomic mass is 32.2. The third kappa shape index (κ3) is 4.72. The molecule has 0 amide bonds. The van der Waals surface area contributed by atoms with Gasteiger partial charge in [-0.1, -0.05) is 36.4 Å². The Balaban J connectivity index is 1.57. The first kappa shape index (κ1) is 23.3. The normalized spacial score (nSPS) is 11.7. The van der Waals surface area contributed by atoms with Crippen LogP contribution in [0.25, 0.3) is 16.5 Å². The summed E-state index contributed by atoms with van der Waals surface area (Å²) in [7, 11) is -3.82. The van der Waals surface area contributed by atoms with E-state index in [1.807, 2.05) is 54.8 Å². The summed E-state index contributed by atoms with van der Waals surface area (Å²) in [4.78, 5) is 14.5. The van der Waals surface area contributed by atoms with Gasteiger partial charge in [-0.15, -0.1) is 0 Å². The summed E-state index contributed by atoms with van der Waals surface area (Å²) < 4.78 is 32.5. The molecule has 0 fully saturated rings. The fourth-order valence-corrected chi connectivity index (χ4v) is 4.68. The number of hydrogen-bond donors (Lipinski definition) is 1. The highest BCUT2D eigenvalue weighted by Crippen LogP contribution is 2.22. The molecule has 0 aliphatic carbocycles. The van der Waals surface area contributed by atoms with Gasteiger partial charge in [-0.3, -0.25) is 0 Å². The lowest BCUT2D eigenvalue weighted by Crippen LogP contribution is -2.18. The van der Waals surface area contributed by atoms with Gasteiger partial charge in [0, 0.05) is 22.6 Å². The maximum atomic E-state index is 12.7. The van der Waals surface area contributed by atoms with Gasteiger partial charge in [-0.05, 0) is 67.9 Å². The molecule has 174 valence electrons.